The molecule has 1 aromatic carbocycles. The molecule has 0 radical (unpaired) electrons. The number of piperidine rings is 1. The van der Waals surface area contributed by atoms with Crippen LogP contribution in [0.3, 0.4) is 0 Å². The smallest absolute Gasteiger partial charge is 0.435 e. The number of hydrogen-bond donors (Lipinski definition) is 0. The molecular weight excluding hydrogens is 358 g/mol. The van der Waals surface area contributed by atoms with Gasteiger partial charge in [0.15, 0.2) is 11.4 Å². The van der Waals surface area contributed by atoms with Crippen molar-refractivity contribution >= 4 is 28.7 Å². The SMILES string of the molecule is O=C(/C(=N\OC(=O)N1CCCCC1)c1nc2ccccc2o1)C1CCCCC1. The van der Waals surface area contributed by atoms with Crippen molar-refractivity contribution in [1.29, 1.82) is 0 Å². The van der Waals surface area contributed by atoms with Gasteiger partial charge in [-0.05, 0) is 44.2 Å². The Labute approximate surface area is 163 Å². The molecule has 7 heteroatoms. The number of nitrogens with zero attached hydrogens (tertiary/aromatic N) is 3. The lowest BCUT2D eigenvalue weighted by molar-refractivity contribution is -0.117. The number of carbonyl (C=O) groups excluding carboxylic acids is 2. The van der Waals surface area contributed by atoms with Crippen molar-refractivity contribution in [2.45, 2.75) is 51.4 Å². The van der Waals surface area contributed by atoms with Gasteiger partial charge in [0.05, 0.1) is 0 Å². The molecule has 4 rings (SSSR count). The number of likely N-dealkylation sites (tertiary alicyclic amines) is 1. The van der Waals surface area contributed by atoms with Gasteiger partial charge >= 0.3 is 6.09 Å². The molecule has 0 spiro atoms. The third-order valence-electron chi connectivity index (χ3n) is 5.54. The van der Waals surface area contributed by atoms with E-state index in [9.17, 15) is 9.59 Å². The Hall–Kier alpha value is -2.70. The number of carbonyl (C=O) groups is 2. The van der Waals surface area contributed by atoms with Crippen molar-refractivity contribution in [1.82, 2.24) is 9.88 Å². The van der Waals surface area contributed by atoms with E-state index < -0.39 is 6.09 Å². The maximum Gasteiger partial charge on any atom is 0.435 e. The first-order valence-electron chi connectivity index (χ1n) is 10.2. The van der Waals surface area contributed by atoms with Crippen molar-refractivity contribution in [3.05, 3.63) is 30.2 Å². The van der Waals surface area contributed by atoms with Crippen LogP contribution in [0.15, 0.2) is 33.8 Å². The predicted molar refractivity (Wildman–Crippen MR) is 104 cm³/mol. The molecule has 1 aliphatic carbocycles. The van der Waals surface area contributed by atoms with Crippen molar-refractivity contribution in [3.8, 4) is 0 Å². The van der Waals surface area contributed by atoms with Gasteiger partial charge in [0.25, 0.3) is 5.89 Å². The molecule has 0 N–H and O–H groups in total. The molecule has 2 heterocycles. The van der Waals surface area contributed by atoms with Gasteiger partial charge in [-0.25, -0.2) is 9.78 Å². The van der Waals surface area contributed by atoms with E-state index in [0.29, 0.717) is 24.2 Å². The van der Waals surface area contributed by atoms with Crippen LogP contribution < -0.4 is 0 Å². The molecule has 1 saturated carbocycles. The number of benzene rings is 1. The van der Waals surface area contributed by atoms with E-state index in [0.717, 1.165) is 51.4 Å². The quantitative estimate of drug-likeness (QED) is 0.446. The average molecular weight is 383 g/mol. The summed E-state index contributed by atoms with van der Waals surface area (Å²) in [5.74, 6) is -0.169. The van der Waals surface area contributed by atoms with Gasteiger partial charge in [-0.2, -0.15) is 0 Å². The Kier molecular flexibility index (Phi) is 5.69. The number of oxazole rings is 1. The highest BCUT2D eigenvalue weighted by molar-refractivity contribution is 6.45. The minimum Gasteiger partial charge on any atom is -0.435 e. The molecule has 0 bridgehead atoms. The molecular formula is C21H25N3O4. The van der Waals surface area contributed by atoms with Crippen LogP contribution in [0.2, 0.25) is 0 Å². The maximum atomic E-state index is 13.1. The summed E-state index contributed by atoms with van der Waals surface area (Å²) < 4.78 is 5.75. The first kappa shape index (κ1) is 18.7. The summed E-state index contributed by atoms with van der Waals surface area (Å²) in [5, 5.41) is 3.96. The summed E-state index contributed by atoms with van der Waals surface area (Å²) >= 11 is 0. The lowest BCUT2D eigenvalue weighted by atomic mass is 9.84. The molecule has 2 aromatic rings. The molecule has 1 aliphatic heterocycles. The Balaban J connectivity index is 1.60. The minimum atomic E-state index is -0.523. The fourth-order valence-corrected chi connectivity index (χ4v) is 3.94. The fraction of sp³-hybridized carbons (Fsp3) is 0.524. The van der Waals surface area contributed by atoms with Crippen LogP contribution >= 0.6 is 0 Å². The van der Waals surface area contributed by atoms with E-state index in [2.05, 4.69) is 10.1 Å². The number of ketones is 1. The zero-order valence-electron chi connectivity index (χ0n) is 15.9. The second-order valence-corrected chi connectivity index (χ2v) is 7.53. The minimum absolute atomic E-state index is 0.00783. The Morgan fingerprint density at radius 3 is 2.50 bits per heavy atom. The van der Waals surface area contributed by atoms with Crippen molar-refractivity contribution in [2.24, 2.45) is 11.1 Å². The van der Waals surface area contributed by atoms with Crippen molar-refractivity contribution in [2.75, 3.05) is 13.1 Å². The lowest BCUT2D eigenvalue weighted by Gasteiger charge is -2.24. The summed E-state index contributed by atoms with van der Waals surface area (Å²) in [4.78, 5) is 36.7. The number of aromatic nitrogens is 1. The highest BCUT2D eigenvalue weighted by atomic mass is 16.7. The second-order valence-electron chi connectivity index (χ2n) is 7.53. The first-order valence-corrected chi connectivity index (χ1v) is 10.2. The molecule has 2 fully saturated rings. The number of hydrogen-bond acceptors (Lipinski definition) is 6. The largest absolute Gasteiger partial charge is 0.435 e. The Morgan fingerprint density at radius 2 is 1.75 bits per heavy atom. The normalized spacial score (nSPS) is 19.0. The van der Waals surface area contributed by atoms with Gasteiger partial charge in [-0.3, -0.25) is 9.63 Å². The molecule has 2 aliphatic rings. The van der Waals surface area contributed by atoms with Crippen LogP contribution in [0.1, 0.15) is 57.3 Å². The van der Waals surface area contributed by atoms with E-state index in [1.165, 1.54) is 0 Å². The average Bonchev–Trinajstić information content (AvgIpc) is 3.18. The monoisotopic (exact) mass is 383 g/mol. The summed E-state index contributed by atoms with van der Waals surface area (Å²) in [6.07, 6.45) is 7.32. The molecule has 1 aromatic heterocycles. The molecule has 7 nitrogen and oxygen atoms in total. The summed E-state index contributed by atoms with van der Waals surface area (Å²) in [5.41, 5.74) is 1.22. The third-order valence-corrected chi connectivity index (χ3v) is 5.54. The Morgan fingerprint density at radius 1 is 1.04 bits per heavy atom. The van der Waals surface area contributed by atoms with Crippen LogP contribution in [-0.4, -0.2) is 40.6 Å². The van der Waals surface area contributed by atoms with Crippen LogP contribution in [0.4, 0.5) is 4.79 Å². The molecule has 28 heavy (non-hydrogen) atoms. The van der Waals surface area contributed by atoms with Gasteiger partial charge in [0.2, 0.25) is 5.71 Å². The number of para-hydroxylation sites is 2. The van der Waals surface area contributed by atoms with E-state index in [4.69, 9.17) is 9.25 Å². The summed E-state index contributed by atoms with van der Waals surface area (Å²) in [7, 11) is 0. The van der Waals surface area contributed by atoms with Crippen molar-refractivity contribution < 1.29 is 18.8 Å². The number of Topliss-reactive ketones (excluding diaryl/α,β-unsaturated/α-hetero) is 1. The third kappa shape index (κ3) is 4.08. The number of rotatable bonds is 4. The molecule has 1 saturated heterocycles. The zero-order chi connectivity index (χ0) is 19.3. The van der Waals surface area contributed by atoms with Crippen LogP contribution in [0, 0.1) is 5.92 Å². The van der Waals surface area contributed by atoms with E-state index >= 15 is 0 Å². The standard InChI is InChI=1S/C21H25N3O4/c25-19(15-9-3-1-4-10-15)18(20-22-16-11-5-6-12-17(16)27-20)23-28-21(26)24-13-7-2-8-14-24/h5-6,11-12,15H,1-4,7-10,13-14H2/b23-18+. The van der Waals surface area contributed by atoms with Crippen molar-refractivity contribution in [3.63, 3.8) is 0 Å². The first-order chi connectivity index (χ1) is 13.7. The highest BCUT2D eigenvalue weighted by Gasteiger charge is 2.30. The zero-order valence-corrected chi connectivity index (χ0v) is 15.9. The number of oxime groups is 1. The van der Waals surface area contributed by atoms with Crippen LogP contribution in [-0.2, 0) is 9.63 Å². The van der Waals surface area contributed by atoms with Gasteiger partial charge in [-0.1, -0.05) is 36.6 Å². The van der Waals surface area contributed by atoms with Gasteiger partial charge in [0, 0.05) is 19.0 Å². The van der Waals surface area contributed by atoms with E-state index in [1.807, 2.05) is 18.2 Å². The van der Waals surface area contributed by atoms with E-state index in [-0.39, 0.29) is 23.3 Å². The summed E-state index contributed by atoms with van der Waals surface area (Å²) in [6, 6.07) is 7.29. The number of amides is 1. The van der Waals surface area contributed by atoms with Gasteiger partial charge in [0.1, 0.15) is 5.52 Å². The molecule has 148 valence electrons. The van der Waals surface area contributed by atoms with Crippen LogP contribution in [0.25, 0.3) is 11.1 Å². The predicted octanol–water partition coefficient (Wildman–Crippen LogP) is 4.30. The van der Waals surface area contributed by atoms with E-state index in [1.54, 1.807) is 11.0 Å². The van der Waals surface area contributed by atoms with Gasteiger partial charge < -0.3 is 9.32 Å². The topological polar surface area (TPSA) is 85.0 Å². The lowest BCUT2D eigenvalue weighted by Crippen LogP contribution is -2.36. The number of fused-ring (bicyclic) bond motifs is 1. The van der Waals surface area contributed by atoms with Crippen LogP contribution in [0.5, 0.6) is 0 Å². The molecule has 1 amide bonds. The Bertz CT molecular complexity index is 844. The second kappa shape index (κ2) is 8.54. The van der Waals surface area contributed by atoms with Gasteiger partial charge in [-0.15, -0.1) is 0 Å². The maximum absolute atomic E-state index is 13.1. The fourth-order valence-electron chi connectivity index (χ4n) is 3.94. The molecule has 0 unspecified atom stereocenters. The highest BCUT2D eigenvalue weighted by Crippen LogP contribution is 2.26. The summed E-state index contributed by atoms with van der Waals surface area (Å²) in [6.45, 7) is 1.31. The molecule has 0 atom stereocenters.